The van der Waals surface area contributed by atoms with Crippen LogP contribution < -0.4 is 0 Å². The van der Waals surface area contributed by atoms with Crippen LogP contribution in [0.4, 0.5) is 4.39 Å². The number of halogens is 1. The summed E-state index contributed by atoms with van der Waals surface area (Å²) in [6, 6.07) is 6.00. The summed E-state index contributed by atoms with van der Waals surface area (Å²) >= 11 is 1.21. The lowest BCUT2D eigenvalue weighted by atomic mass is 10.2. The number of sulfone groups is 1. The number of thioether (sulfide) groups is 1. The minimum Gasteiger partial charge on any atom is -0.341 e. The summed E-state index contributed by atoms with van der Waals surface area (Å²) in [6.07, 6.45) is 0.462. The van der Waals surface area contributed by atoms with E-state index in [1.54, 1.807) is 43.8 Å². The van der Waals surface area contributed by atoms with Crippen LogP contribution in [0.15, 0.2) is 29.4 Å². The monoisotopic (exact) mass is 412 g/mol. The van der Waals surface area contributed by atoms with E-state index in [0.29, 0.717) is 23.0 Å². The zero-order chi connectivity index (χ0) is 19.8. The number of hydrogen-bond donors (Lipinski definition) is 0. The molecule has 2 aromatic rings. The second kappa shape index (κ2) is 7.59. The van der Waals surface area contributed by atoms with Crippen LogP contribution in [0, 0.1) is 5.82 Å². The van der Waals surface area contributed by atoms with Gasteiger partial charge in [0.1, 0.15) is 5.82 Å². The molecule has 1 fully saturated rings. The predicted octanol–water partition coefficient (Wildman–Crippen LogP) is 1.75. The van der Waals surface area contributed by atoms with Crippen molar-refractivity contribution in [2.45, 2.75) is 29.8 Å². The summed E-state index contributed by atoms with van der Waals surface area (Å²) in [6.45, 7) is 1.74. The molecule has 27 heavy (non-hydrogen) atoms. The number of amides is 1. The van der Waals surface area contributed by atoms with Crippen LogP contribution in [-0.2, 0) is 21.7 Å². The Morgan fingerprint density at radius 2 is 2.07 bits per heavy atom. The number of aromatic nitrogens is 3. The van der Waals surface area contributed by atoms with Crippen LogP contribution in [0.1, 0.15) is 13.3 Å². The van der Waals surface area contributed by atoms with E-state index in [1.807, 2.05) is 0 Å². The normalized spacial score (nSPS) is 19.8. The van der Waals surface area contributed by atoms with Gasteiger partial charge in [0.2, 0.25) is 5.91 Å². The molecule has 1 aliphatic rings. The van der Waals surface area contributed by atoms with Crippen molar-refractivity contribution in [3.63, 3.8) is 0 Å². The molecule has 0 bridgehead atoms. The largest absolute Gasteiger partial charge is 0.341 e. The first-order valence-electron chi connectivity index (χ1n) is 8.47. The third-order valence-electron chi connectivity index (χ3n) is 4.68. The third-order valence-corrected chi connectivity index (χ3v) is 7.56. The Hall–Kier alpha value is -1.94. The van der Waals surface area contributed by atoms with Crippen LogP contribution in [-0.4, -0.2) is 63.8 Å². The molecule has 10 heteroatoms. The second-order valence-electron chi connectivity index (χ2n) is 6.61. The minimum atomic E-state index is -3.06. The van der Waals surface area contributed by atoms with Crippen molar-refractivity contribution in [3.8, 4) is 11.4 Å². The fraction of sp³-hybridized carbons (Fsp3) is 0.471. The van der Waals surface area contributed by atoms with Gasteiger partial charge >= 0.3 is 0 Å². The van der Waals surface area contributed by atoms with Crippen molar-refractivity contribution in [3.05, 3.63) is 30.1 Å². The molecule has 1 amide bonds. The van der Waals surface area contributed by atoms with Gasteiger partial charge in [-0.25, -0.2) is 12.8 Å². The molecule has 1 aromatic heterocycles. The lowest BCUT2D eigenvalue weighted by molar-refractivity contribution is -0.130. The molecule has 0 aliphatic carbocycles. The van der Waals surface area contributed by atoms with Gasteiger partial charge in [0.05, 0.1) is 22.3 Å². The first kappa shape index (κ1) is 19.8. The van der Waals surface area contributed by atoms with Crippen LogP contribution in [0.3, 0.4) is 0 Å². The number of nitrogens with zero attached hydrogens (tertiary/aromatic N) is 4. The SMILES string of the molecule is CC(Sc1nnc(-c2ccccc2F)n1C)C(=O)N(C)C1CCS(=O)(=O)C1. The zero-order valence-electron chi connectivity index (χ0n) is 15.3. The van der Waals surface area contributed by atoms with Gasteiger partial charge in [0, 0.05) is 20.1 Å². The van der Waals surface area contributed by atoms with Crippen molar-refractivity contribution in [1.82, 2.24) is 19.7 Å². The van der Waals surface area contributed by atoms with Gasteiger partial charge in [-0.1, -0.05) is 23.9 Å². The summed E-state index contributed by atoms with van der Waals surface area (Å²) in [7, 11) is 0.289. The lowest BCUT2D eigenvalue weighted by Gasteiger charge is -2.26. The van der Waals surface area contributed by atoms with E-state index < -0.39 is 20.9 Å². The molecule has 1 aliphatic heterocycles. The molecule has 7 nitrogen and oxygen atoms in total. The Balaban J connectivity index is 1.72. The van der Waals surface area contributed by atoms with Crippen molar-refractivity contribution in [1.29, 1.82) is 0 Å². The molecule has 3 rings (SSSR count). The highest BCUT2D eigenvalue weighted by molar-refractivity contribution is 8.00. The highest BCUT2D eigenvalue weighted by atomic mass is 32.2. The summed E-state index contributed by atoms with van der Waals surface area (Å²) < 4.78 is 38.9. The number of carbonyl (C=O) groups is 1. The molecule has 2 unspecified atom stereocenters. The Kier molecular flexibility index (Phi) is 5.57. The maximum atomic E-state index is 14.0. The molecule has 0 N–H and O–H groups in total. The standard InChI is InChI=1S/C17H21FN4O3S2/c1-11(16(23)21(2)12-8-9-27(24,25)10-12)26-17-20-19-15(22(17)3)13-6-4-5-7-14(13)18/h4-7,11-12H,8-10H2,1-3H3. The van der Waals surface area contributed by atoms with Crippen LogP contribution in [0.25, 0.3) is 11.4 Å². The van der Waals surface area contributed by atoms with E-state index in [0.717, 1.165) is 0 Å². The van der Waals surface area contributed by atoms with Gasteiger partial charge in [-0.2, -0.15) is 0 Å². The number of rotatable bonds is 5. The summed E-state index contributed by atoms with van der Waals surface area (Å²) in [5.74, 6) is -0.0565. The average molecular weight is 413 g/mol. The topological polar surface area (TPSA) is 85.2 Å². The molecule has 1 aromatic carbocycles. The van der Waals surface area contributed by atoms with Gasteiger partial charge in [0.25, 0.3) is 0 Å². The zero-order valence-corrected chi connectivity index (χ0v) is 16.9. The highest BCUT2D eigenvalue weighted by Gasteiger charge is 2.34. The lowest BCUT2D eigenvalue weighted by Crippen LogP contribution is -2.41. The maximum absolute atomic E-state index is 14.0. The molecule has 2 atom stereocenters. The smallest absolute Gasteiger partial charge is 0.235 e. The first-order valence-corrected chi connectivity index (χ1v) is 11.2. The number of hydrogen-bond acceptors (Lipinski definition) is 6. The van der Waals surface area contributed by atoms with Gasteiger partial charge in [-0.15, -0.1) is 10.2 Å². The fourth-order valence-electron chi connectivity index (χ4n) is 3.05. The molecular formula is C17H21FN4O3S2. The van der Waals surface area contributed by atoms with E-state index >= 15 is 0 Å². The van der Waals surface area contributed by atoms with Crippen molar-refractivity contribution >= 4 is 27.5 Å². The Morgan fingerprint density at radius 1 is 1.37 bits per heavy atom. The van der Waals surface area contributed by atoms with Crippen molar-refractivity contribution in [2.24, 2.45) is 7.05 Å². The van der Waals surface area contributed by atoms with Gasteiger partial charge in [-0.3, -0.25) is 4.79 Å². The van der Waals surface area contributed by atoms with Gasteiger partial charge < -0.3 is 9.47 Å². The average Bonchev–Trinajstić information content (AvgIpc) is 3.17. The van der Waals surface area contributed by atoms with Gasteiger partial charge in [0.15, 0.2) is 20.8 Å². The molecule has 2 heterocycles. The Labute approximate surface area is 161 Å². The van der Waals surface area contributed by atoms with Crippen LogP contribution >= 0.6 is 11.8 Å². The Morgan fingerprint density at radius 3 is 2.70 bits per heavy atom. The molecule has 0 spiro atoms. The maximum Gasteiger partial charge on any atom is 0.235 e. The second-order valence-corrected chi connectivity index (χ2v) is 10.1. The Bertz CT molecular complexity index is 961. The van der Waals surface area contributed by atoms with Crippen LogP contribution in [0.2, 0.25) is 0 Å². The van der Waals surface area contributed by atoms with Crippen molar-refractivity contribution < 1.29 is 17.6 Å². The third kappa shape index (κ3) is 4.16. The minimum absolute atomic E-state index is 0.00796. The van der Waals surface area contributed by atoms with Crippen molar-refractivity contribution in [2.75, 3.05) is 18.6 Å². The predicted molar refractivity (Wildman–Crippen MR) is 102 cm³/mol. The van der Waals surface area contributed by atoms with Gasteiger partial charge in [-0.05, 0) is 25.5 Å². The van der Waals surface area contributed by atoms with E-state index in [9.17, 15) is 17.6 Å². The van der Waals surface area contributed by atoms with E-state index in [-0.39, 0.29) is 23.5 Å². The quantitative estimate of drug-likeness (QED) is 0.696. The molecular weight excluding hydrogens is 391 g/mol. The summed E-state index contributed by atoms with van der Waals surface area (Å²) in [4.78, 5) is 14.2. The number of benzene rings is 1. The number of carbonyl (C=O) groups excluding carboxylic acids is 1. The van der Waals surface area contributed by atoms with E-state index in [2.05, 4.69) is 10.2 Å². The fourth-order valence-corrected chi connectivity index (χ4v) is 5.74. The summed E-state index contributed by atoms with van der Waals surface area (Å²) in [5, 5.41) is 8.14. The molecule has 0 radical (unpaired) electrons. The van der Waals surface area contributed by atoms with E-state index in [1.165, 1.54) is 22.7 Å². The molecule has 146 valence electrons. The summed E-state index contributed by atoms with van der Waals surface area (Å²) in [5.41, 5.74) is 0.339. The highest BCUT2D eigenvalue weighted by Crippen LogP contribution is 2.28. The molecule has 0 saturated carbocycles. The first-order chi connectivity index (χ1) is 12.7. The van der Waals surface area contributed by atoms with E-state index in [4.69, 9.17) is 0 Å². The molecule has 1 saturated heterocycles. The van der Waals surface area contributed by atoms with Crippen LogP contribution in [0.5, 0.6) is 0 Å².